The van der Waals surface area contributed by atoms with Gasteiger partial charge in [-0.2, -0.15) is 0 Å². The smallest absolute Gasteiger partial charge is 0.276 e. The van der Waals surface area contributed by atoms with Crippen LogP contribution in [0.3, 0.4) is 0 Å². The number of benzene rings is 2. The molecular formula is C19H14ClF2N3O3. The van der Waals surface area contributed by atoms with Crippen LogP contribution in [0.5, 0.6) is 5.88 Å². The predicted octanol–water partition coefficient (Wildman–Crippen LogP) is 2.90. The molecule has 1 amide bonds. The van der Waals surface area contributed by atoms with Crippen molar-refractivity contribution in [2.24, 2.45) is 5.73 Å². The average molecular weight is 406 g/mol. The molecular weight excluding hydrogens is 392 g/mol. The molecule has 1 aromatic heterocycles. The van der Waals surface area contributed by atoms with Crippen LogP contribution in [0, 0.1) is 11.6 Å². The zero-order chi connectivity index (χ0) is 20.3. The Morgan fingerprint density at radius 1 is 1.18 bits per heavy atom. The van der Waals surface area contributed by atoms with Crippen molar-refractivity contribution in [1.82, 2.24) is 9.55 Å². The number of nitrogens with two attached hydrogens (primary N) is 1. The molecule has 0 unspecified atom stereocenters. The first-order valence-electron chi connectivity index (χ1n) is 8.05. The Hall–Kier alpha value is -3.26. The van der Waals surface area contributed by atoms with Gasteiger partial charge in [-0.25, -0.2) is 13.8 Å². The molecule has 28 heavy (non-hydrogen) atoms. The summed E-state index contributed by atoms with van der Waals surface area (Å²) in [6.45, 7) is -0.103. The van der Waals surface area contributed by atoms with Crippen LogP contribution in [0.15, 0.2) is 53.6 Å². The van der Waals surface area contributed by atoms with E-state index in [1.807, 2.05) is 0 Å². The third-order valence-electron chi connectivity index (χ3n) is 3.92. The molecule has 0 fully saturated rings. The number of halogens is 3. The Kier molecular flexibility index (Phi) is 5.70. The molecule has 0 saturated heterocycles. The molecule has 0 aliphatic rings. The number of hydrogen-bond donors (Lipinski definition) is 1. The summed E-state index contributed by atoms with van der Waals surface area (Å²) in [5, 5.41) is -0.265. The van der Waals surface area contributed by atoms with E-state index < -0.39 is 23.1 Å². The lowest BCUT2D eigenvalue weighted by molar-refractivity contribution is 0.100. The topological polar surface area (TPSA) is 87.2 Å². The number of rotatable bonds is 6. The van der Waals surface area contributed by atoms with E-state index in [9.17, 15) is 18.4 Å². The van der Waals surface area contributed by atoms with Gasteiger partial charge < -0.3 is 10.5 Å². The van der Waals surface area contributed by atoms with E-state index in [1.54, 1.807) is 24.3 Å². The number of carbonyl (C=O) groups excluding carboxylic acids is 1. The van der Waals surface area contributed by atoms with Crippen molar-refractivity contribution in [3.63, 3.8) is 0 Å². The van der Waals surface area contributed by atoms with Gasteiger partial charge in [0.25, 0.3) is 5.56 Å². The summed E-state index contributed by atoms with van der Waals surface area (Å²) in [4.78, 5) is 27.5. The molecule has 3 aromatic rings. The van der Waals surface area contributed by atoms with Crippen LogP contribution in [0.25, 0.3) is 0 Å². The molecule has 144 valence electrons. The van der Waals surface area contributed by atoms with Crippen LogP contribution in [0.1, 0.15) is 21.5 Å². The molecule has 0 saturated carbocycles. The summed E-state index contributed by atoms with van der Waals surface area (Å²) < 4.78 is 33.1. The number of carbonyl (C=O) groups is 1. The number of amides is 1. The lowest BCUT2D eigenvalue weighted by atomic mass is 10.1. The van der Waals surface area contributed by atoms with Crippen molar-refractivity contribution in [2.45, 2.75) is 13.2 Å². The van der Waals surface area contributed by atoms with Crippen LogP contribution in [-0.4, -0.2) is 15.5 Å². The lowest BCUT2D eigenvalue weighted by Crippen LogP contribution is -2.22. The summed E-state index contributed by atoms with van der Waals surface area (Å²) in [6, 6.07) is 9.46. The minimum absolute atomic E-state index is 0.0954. The zero-order valence-electron chi connectivity index (χ0n) is 14.4. The number of aromatic nitrogens is 2. The van der Waals surface area contributed by atoms with Crippen molar-refractivity contribution in [1.29, 1.82) is 0 Å². The van der Waals surface area contributed by atoms with Crippen molar-refractivity contribution < 1.29 is 18.3 Å². The highest BCUT2D eigenvalue weighted by Gasteiger charge is 2.13. The first-order chi connectivity index (χ1) is 13.3. The second-order valence-electron chi connectivity index (χ2n) is 5.88. The van der Waals surface area contributed by atoms with E-state index in [0.29, 0.717) is 5.56 Å². The highest BCUT2D eigenvalue weighted by molar-refractivity contribution is 6.31. The third kappa shape index (κ3) is 4.34. The molecule has 0 atom stereocenters. The molecule has 3 rings (SSSR count). The van der Waals surface area contributed by atoms with Crippen molar-refractivity contribution in [3.8, 4) is 5.88 Å². The maximum Gasteiger partial charge on any atom is 0.276 e. The van der Waals surface area contributed by atoms with Crippen LogP contribution in [-0.2, 0) is 13.2 Å². The van der Waals surface area contributed by atoms with E-state index in [-0.39, 0.29) is 29.6 Å². The number of nitrogens with zero attached hydrogens (tertiary/aromatic N) is 2. The quantitative estimate of drug-likeness (QED) is 0.683. The van der Waals surface area contributed by atoms with Crippen LogP contribution < -0.4 is 16.0 Å². The molecule has 0 aliphatic carbocycles. The van der Waals surface area contributed by atoms with Crippen molar-refractivity contribution in [3.05, 3.63) is 92.5 Å². The first kappa shape index (κ1) is 19.5. The summed E-state index contributed by atoms with van der Waals surface area (Å²) in [7, 11) is 0. The first-order valence-corrected chi connectivity index (χ1v) is 8.43. The van der Waals surface area contributed by atoms with E-state index in [0.717, 1.165) is 17.7 Å². The summed E-state index contributed by atoms with van der Waals surface area (Å²) >= 11 is 6.03. The monoisotopic (exact) mass is 405 g/mol. The van der Waals surface area contributed by atoms with Gasteiger partial charge in [0.05, 0.1) is 6.54 Å². The SMILES string of the molecule is NC(=O)c1ccc(Cn2cnc(OCc3ccc(F)cc3F)c(Cl)c2=O)cc1. The minimum Gasteiger partial charge on any atom is -0.471 e. The molecule has 1 heterocycles. The van der Waals surface area contributed by atoms with E-state index in [1.165, 1.54) is 17.0 Å². The third-order valence-corrected chi connectivity index (χ3v) is 4.24. The molecule has 0 radical (unpaired) electrons. The molecule has 9 heteroatoms. The fourth-order valence-corrected chi connectivity index (χ4v) is 2.63. The lowest BCUT2D eigenvalue weighted by Gasteiger charge is -2.10. The van der Waals surface area contributed by atoms with Gasteiger partial charge in [-0.05, 0) is 29.8 Å². The number of ether oxygens (including phenoxy) is 1. The van der Waals surface area contributed by atoms with Crippen LogP contribution in [0.2, 0.25) is 5.02 Å². The molecule has 2 N–H and O–H groups in total. The van der Waals surface area contributed by atoms with Crippen molar-refractivity contribution in [2.75, 3.05) is 0 Å². The number of primary amides is 1. The van der Waals surface area contributed by atoms with Gasteiger partial charge in [0.15, 0.2) is 5.02 Å². The summed E-state index contributed by atoms with van der Waals surface area (Å²) in [6.07, 6.45) is 1.24. The van der Waals surface area contributed by atoms with E-state index >= 15 is 0 Å². The van der Waals surface area contributed by atoms with Gasteiger partial charge in [-0.15, -0.1) is 0 Å². The predicted molar refractivity (Wildman–Crippen MR) is 98.3 cm³/mol. The standard InChI is InChI=1S/C19H14ClF2N3O3/c20-16-18(28-9-13-5-6-14(21)7-15(13)22)24-10-25(19(16)27)8-11-1-3-12(4-2-11)17(23)26/h1-7,10H,8-9H2,(H2,23,26). The normalized spacial score (nSPS) is 10.7. The van der Waals surface area contributed by atoms with Crippen LogP contribution >= 0.6 is 11.6 Å². The fraction of sp³-hybridized carbons (Fsp3) is 0.105. The Labute approximate surface area is 163 Å². The van der Waals surface area contributed by atoms with Gasteiger partial charge in [0, 0.05) is 17.2 Å². The Bertz CT molecular complexity index is 1080. The zero-order valence-corrected chi connectivity index (χ0v) is 15.1. The number of hydrogen-bond acceptors (Lipinski definition) is 4. The summed E-state index contributed by atoms with van der Waals surface area (Å²) in [5.41, 5.74) is 5.81. The van der Waals surface area contributed by atoms with E-state index in [2.05, 4.69) is 4.98 Å². The Morgan fingerprint density at radius 2 is 1.89 bits per heavy atom. The largest absolute Gasteiger partial charge is 0.471 e. The molecule has 6 nitrogen and oxygen atoms in total. The van der Waals surface area contributed by atoms with Gasteiger partial charge in [-0.3, -0.25) is 14.2 Å². The molecule has 2 aromatic carbocycles. The second kappa shape index (κ2) is 8.18. The maximum absolute atomic E-state index is 13.6. The minimum atomic E-state index is -0.774. The van der Waals surface area contributed by atoms with Gasteiger partial charge >= 0.3 is 0 Å². The van der Waals surface area contributed by atoms with Gasteiger partial charge in [-0.1, -0.05) is 23.7 Å². The Balaban J connectivity index is 1.75. The molecule has 0 bridgehead atoms. The maximum atomic E-state index is 13.6. The highest BCUT2D eigenvalue weighted by atomic mass is 35.5. The van der Waals surface area contributed by atoms with Gasteiger partial charge in [0.2, 0.25) is 11.8 Å². The molecule has 0 aliphatic heterocycles. The second-order valence-corrected chi connectivity index (χ2v) is 6.26. The fourth-order valence-electron chi connectivity index (χ4n) is 2.42. The van der Waals surface area contributed by atoms with Crippen molar-refractivity contribution >= 4 is 17.5 Å². The Morgan fingerprint density at radius 3 is 2.54 bits per heavy atom. The molecule has 0 spiro atoms. The van der Waals surface area contributed by atoms with E-state index in [4.69, 9.17) is 22.1 Å². The van der Waals surface area contributed by atoms with Gasteiger partial charge in [0.1, 0.15) is 24.6 Å². The average Bonchev–Trinajstić information content (AvgIpc) is 2.66. The highest BCUT2D eigenvalue weighted by Crippen LogP contribution is 2.19. The van der Waals surface area contributed by atoms with Crippen LogP contribution in [0.4, 0.5) is 8.78 Å². The summed E-state index contributed by atoms with van der Waals surface area (Å²) in [5.74, 6) is -2.18.